The minimum Gasteiger partial charge on any atom is -0.323 e. The van der Waals surface area contributed by atoms with E-state index in [0.29, 0.717) is 6.04 Å². The molecule has 0 aromatic heterocycles. The Morgan fingerprint density at radius 2 is 2.00 bits per heavy atom. The zero-order valence-corrected chi connectivity index (χ0v) is 11.1. The molecule has 0 spiro atoms. The van der Waals surface area contributed by atoms with Gasteiger partial charge in [-0.25, -0.2) is 0 Å². The molecule has 0 aromatic rings. The lowest BCUT2D eigenvalue weighted by Gasteiger charge is -2.28. The van der Waals surface area contributed by atoms with Gasteiger partial charge in [-0.15, -0.1) is 0 Å². The van der Waals surface area contributed by atoms with Crippen molar-refractivity contribution in [1.82, 2.24) is 10.2 Å². The summed E-state index contributed by atoms with van der Waals surface area (Å²) in [6, 6.07) is 0.366. The summed E-state index contributed by atoms with van der Waals surface area (Å²) in [5, 5.41) is 3.28. The van der Waals surface area contributed by atoms with Gasteiger partial charge in [0, 0.05) is 6.04 Å². The third kappa shape index (κ3) is 3.21. The number of hydrogen-bond donors (Lipinski definition) is 1. The average molecular weight is 226 g/mol. The van der Waals surface area contributed by atoms with E-state index in [0.717, 1.165) is 6.42 Å². The summed E-state index contributed by atoms with van der Waals surface area (Å²) >= 11 is 0. The van der Waals surface area contributed by atoms with Crippen molar-refractivity contribution in [3.63, 3.8) is 0 Å². The molecule has 1 rings (SSSR count). The number of carbonyl (C=O) groups excluding carboxylic acids is 1. The number of unbranched alkanes of at least 4 members (excludes halogenated alkanes) is 3. The van der Waals surface area contributed by atoms with E-state index in [-0.39, 0.29) is 18.1 Å². The molecule has 3 unspecified atom stereocenters. The van der Waals surface area contributed by atoms with E-state index in [1.807, 2.05) is 11.8 Å². The lowest BCUT2D eigenvalue weighted by Crippen LogP contribution is -2.41. The molecule has 1 amide bonds. The second-order valence-corrected chi connectivity index (χ2v) is 5.01. The van der Waals surface area contributed by atoms with Gasteiger partial charge in [0.05, 0.1) is 12.2 Å². The maximum absolute atomic E-state index is 11.9. The second-order valence-electron chi connectivity index (χ2n) is 5.01. The number of nitrogens with zero attached hydrogens (tertiary/aromatic N) is 1. The highest BCUT2D eigenvalue weighted by molar-refractivity contribution is 5.84. The molecular formula is C13H26N2O. The van der Waals surface area contributed by atoms with Crippen LogP contribution < -0.4 is 5.32 Å². The summed E-state index contributed by atoms with van der Waals surface area (Å²) in [5.41, 5.74) is 0. The molecule has 1 aliphatic heterocycles. The van der Waals surface area contributed by atoms with Crippen LogP contribution in [0.3, 0.4) is 0 Å². The van der Waals surface area contributed by atoms with Gasteiger partial charge in [0.1, 0.15) is 0 Å². The van der Waals surface area contributed by atoms with E-state index < -0.39 is 0 Å². The van der Waals surface area contributed by atoms with Gasteiger partial charge in [0.25, 0.3) is 0 Å². The SMILES string of the molecule is CCCCCCC(C)N1C(=O)C(C)NC1C. The Morgan fingerprint density at radius 1 is 1.31 bits per heavy atom. The predicted octanol–water partition coefficient (Wildman–Crippen LogP) is 2.51. The van der Waals surface area contributed by atoms with Crippen molar-refractivity contribution >= 4 is 5.91 Å². The Bertz CT molecular complexity index is 230. The monoisotopic (exact) mass is 226 g/mol. The third-order valence-electron chi connectivity index (χ3n) is 3.48. The standard InChI is InChI=1S/C13H26N2O/c1-5-6-7-8-9-10(2)15-12(4)14-11(3)13(15)16/h10-12,14H,5-9H2,1-4H3. The Balaban J connectivity index is 2.35. The number of nitrogens with one attached hydrogen (secondary N) is 1. The molecule has 1 heterocycles. The summed E-state index contributed by atoms with van der Waals surface area (Å²) in [6.07, 6.45) is 6.44. The minimum absolute atomic E-state index is 0.00640. The molecule has 16 heavy (non-hydrogen) atoms. The quantitative estimate of drug-likeness (QED) is 0.706. The van der Waals surface area contributed by atoms with Crippen molar-refractivity contribution in [3.05, 3.63) is 0 Å². The van der Waals surface area contributed by atoms with Crippen LogP contribution in [-0.4, -0.2) is 29.1 Å². The van der Waals surface area contributed by atoms with Crippen LogP contribution in [0.4, 0.5) is 0 Å². The van der Waals surface area contributed by atoms with Crippen LogP contribution >= 0.6 is 0 Å². The van der Waals surface area contributed by atoms with Crippen molar-refractivity contribution in [2.45, 2.75) is 78.0 Å². The summed E-state index contributed by atoms with van der Waals surface area (Å²) < 4.78 is 0. The van der Waals surface area contributed by atoms with Crippen LogP contribution in [-0.2, 0) is 4.79 Å². The molecule has 1 fully saturated rings. The average Bonchev–Trinajstić information content (AvgIpc) is 2.48. The first-order valence-corrected chi connectivity index (χ1v) is 6.66. The number of hydrogen-bond acceptors (Lipinski definition) is 2. The summed E-state index contributed by atoms with van der Waals surface area (Å²) in [7, 11) is 0. The first kappa shape index (κ1) is 13.5. The fraction of sp³-hybridized carbons (Fsp3) is 0.923. The number of rotatable bonds is 6. The van der Waals surface area contributed by atoms with Gasteiger partial charge in [-0.3, -0.25) is 10.1 Å². The van der Waals surface area contributed by atoms with Crippen LogP contribution in [0, 0.1) is 0 Å². The molecule has 0 aliphatic carbocycles. The van der Waals surface area contributed by atoms with Crippen molar-refractivity contribution in [3.8, 4) is 0 Å². The van der Waals surface area contributed by atoms with Crippen LogP contribution in [0.5, 0.6) is 0 Å². The predicted molar refractivity (Wildman–Crippen MR) is 67.1 cm³/mol. The van der Waals surface area contributed by atoms with Gasteiger partial charge in [0.2, 0.25) is 5.91 Å². The Kier molecular flexibility index (Phi) is 5.26. The normalized spacial score (nSPS) is 27.5. The number of carbonyl (C=O) groups is 1. The maximum Gasteiger partial charge on any atom is 0.240 e. The molecule has 1 N–H and O–H groups in total. The van der Waals surface area contributed by atoms with Gasteiger partial charge in [-0.1, -0.05) is 32.6 Å². The third-order valence-corrected chi connectivity index (χ3v) is 3.48. The van der Waals surface area contributed by atoms with Crippen molar-refractivity contribution in [1.29, 1.82) is 0 Å². The summed E-state index contributed by atoms with van der Waals surface area (Å²) in [6.45, 7) is 8.41. The molecule has 1 saturated heterocycles. The van der Waals surface area contributed by atoms with Gasteiger partial charge in [-0.05, 0) is 27.2 Å². The van der Waals surface area contributed by atoms with Crippen molar-refractivity contribution in [2.75, 3.05) is 0 Å². The number of amides is 1. The van der Waals surface area contributed by atoms with Gasteiger partial charge < -0.3 is 4.90 Å². The first-order valence-electron chi connectivity index (χ1n) is 6.66. The Labute approximate surface area is 99.6 Å². The van der Waals surface area contributed by atoms with E-state index in [2.05, 4.69) is 26.1 Å². The van der Waals surface area contributed by atoms with Crippen LogP contribution in [0.1, 0.15) is 59.8 Å². The fourth-order valence-corrected chi connectivity index (χ4v) is 2.53. The molecule has 0 aromatic carbocycles. The van der Waals surface area contributed by atoms with Gasteiger partial charge in [-0.2, -0.15) is 0 Å². The molecule has 94 valence electrons. The Morgan fingerprint density at radius 3 is 2.50 bits per heavy atom. The van der Waals surface area contributed by atoms with Gasteiger partial charge >= 0.3 is 0 Å². The van der Waals surface area contributed by atoms with Crippen LogP contribution in [0.15, 0.2) is 0 Å². The molecule has 3 atom stereocenters. The zero-order valence-electron chi connectivity index (χ0n) is 11.1. The van der Waals surface area contributed by atoms with E-state index in [1.165, 1.54) is 25.7 Å². The second kappa shape index (κ2) is 6.24. The van der Waals surface area contributed by atoms with Gasteiger partial charge in [0.15, 0.2) is 0 Å². The molecule has 1 aliphatic rings. The van der Waals surface area contributed by atoms with E-state index >= 15 is 0 Å². The topological polar surface area (TPSA) is 32.3 Å². The van der Waals surface area contributed by atoms with Crippen molar-refractivity contribution in [2.24, 2.45) is 0 Å². The molecule has 0 bridgehead atoms. The Hall–Kier alpha value is -0.570. The lowest BCUT2D eigenvalue weighted by atomic mass is 10.1. The van der Waals surface area contributed by atoms with E-state index in [1.54, 1.807) is 0 Å². The summed E-state index contributed by atoms with van der Waals surface area (Å²) in [4.78, 5) is 13.9. The van der Waals surface area contributed by atoms with Crippen molar-refractivity contribution < 1.29 is 4.79 Å². The highest BCUT2D eigenvalue weighted by Crippen LogP contribution is 2.18. The lowest BCUT2D eigenvalue weighted by molar-refractivity contribution is -0.131. The summed E-state index contributed by atoms with van der Waals surface area (Å²) in [5.74, 6) is 0.260. The van der Waals surface area contributed by atoms with E-state index in [4.69, 9.17) is 0 Å². The molecular weight excluding hydrogens is 200 g/mol. The molecule has 0 radical (unpaired) electrons. The van der Waals surface area contributed by atoms with Crippen LogP contribution in [0.25, 0.3) is 0 Å². The highest BCUT2D eigenvalue weighted by atomic mass is 16.2. The first-order chi connectivity index (χ1) is 7.57. The smallest absolute Gasteiger partial charge is 0.240 e. The fourth-order valence-electron chi connectivity index (χ4n) is 2.53. The highest BCUT2D eigenvalue weighted by Gasteiger charge is 2.35. The molecule has 3 nitrogen and oxygen atoms in total. The minimum atomic E-state index is -0.00640. The van der Waals surface area contributed by atoms with Crippen LogP contribution in [0.2, 0.25) is 0 Å². The zero-order chi connectivity index (χ0) is 12.1. The largest absolute Gasteiger partial charge is 0.323 e. The molecule has 3 heteroatoms. The maximum atomic E-state index is 11.9. The molecule has 0 saturated carbocycles. The van der Waals surface area contributed by atoms with E-state index in [9.17, 15) is 4.79 Å².